The van der Waals surface area contributed by atoms with E-state index >= 15 is 0 Å². The highest BCUT2D eigenvalue weighted by Gasteiger charge is 2.10. The van der Waals surface area contributed by atoms with Crippen molar-refractivity contribution in [3.05, 3.63) is 28.5 Å². The molecule has 0 unspecified atom stereocenters. The van der Waals surface area contributed by atoms with Gasteiger partial charge in [-0.05, 0) is 24.6 Å². The maximum absolute atomic E-state index is 5.87. The number of alkyl halides is 1. The molecule has 0 aliphatic heterocycles. The van der Waals surface area contributed by atoms with Gasteiger partial charge in [-0.25, -0.2) is 4.98 Å². The van der Waals surface area contributed by atoms with E-state index in [0.29, 0.717) is 5.88 Å². The first kappa shape index (κ1) is 13.9. The average Bonchev–Trinajstić information content (AvgIpc) is 2.68. The summed E-state index contributed by atoms with van der Waals surface area (Å²) >= 11 is 9.40. The van der Waals surface area contributed by atoms with Gasteiger partial charge >= 0.3 is 0 Å². The molecule has 0 N–H and O–H groups in total. The Morgan fingerprint density at radius 3 is 2.89 bits per heavy atom. The van der Waals surface area contributed by atoms with Gasteiger partial charge in [0.2, 0.25) is 0 Å². The first-order valence-corrected chi connectivity index (χ1v) is 7.79. The fourth-order valence-electron chi connectivity index (χ4n) is 2.19. The Morgan fingerprint density at radius 2 is 2.17 bits per heavy atom. The molecule has 18 heavy (non-hydrogen) atoms. The van der Waals surface area contributed by atoms with Crippen LogP contribution in [0.1, 0.15) is 32.0 Å². The van der Waals surface area contributed by atoms with Crippen LogP contribution in [-0.2, 0) is 13.0 Å². The van der Waals surface area contributed by atoms with Crippen LogP contribution in [0.25, 0.3) is 11.0 Å². The summed E-state index contributed by atoms with van der Waals surface area (Å²) in [4.78, 5) is 4.68. The normalized spacial score (nSPS) is 11.3. The Kier molecular flexibility index (Phi) is 5.07. The van der Waals surface area contributed by atoms with Crippen LogP contribution in [0.15, 0.2) is 22.7 Å². The van der Waals surface area contributed by atoms with Crippen molar-refractivity contribution in [2.75, 3.05) is 5.88 Å². The monoisotopic (exact) mass is 328 g/mol. The van der Waals surface area contributed by atoms with Crippen LogP contribution in [0.5, 0.6) is 0 Å². The van der Waals surface area contributed by atoms with Crippen LogP contribution >= 0.6 is 27.5 Å². The summed E-state index contributed by atoms with van der Waals surface area (Å²) in [5.41, 5.74) is 2.27. The molecule has 0 radical (unpaired) electrons. The Balaban J connectivity index is 2.36. The lowest BCUT2D eigenvalue weighted by molar-refractivity contribution is 0.594. The second kappa shape index (κ2) is 6.58. The third-order valence-corrected chi connectivity index (χ3v) is 3.77. The van der Waals surface area contributed by atoms with Crippen molar-refractivity contribution in [1.82, 2.24) is 9.55 Å². The van der Waals surface area contributed by atoms with Gasteiger partial charge in [-0.2, -0.15) is 0 Å². The maximum atomic E-state index is 5.87. The number of nitrogens with zero attached hydrogens (tertiary/aromatic N) is 2. The number of imidazole rings is 1. The van der Waals surface area contributed by atoms with Crippen molar-refractivity contribution in [2.24, 2.45) is 0 Å². The molecule has 0 atom stereocenters. The lowest BCUT2D eigenvalue weighted by Gasteiger charge is -2.08. The highest BCUT2D eigenvalue weighted by Crippen LogP contribution is 2.22. The Morgan fingerprint density at radius 1 is 1.33 bits per heavy atom. The topological polar surface area (TPSA) is 17.8 Å². The molecule has 1 aromatic heterocycles. The lowest BCUT2D eigenvalue weighted by Crippen LogP contribution is -2.04. The molecule has 0 amide bonds. The lowest BCUT2D eigenvalue weighted by atomic mass is 10.2. The van der Waals surface area contributed by atoms with E-state index in [1.165, 1.54) is 24.8 Å². The number of fused-ring (bicyclic) bond motifs is 1. The summed E-state index contributed by atoms with van der Waals surface area (Å²) in [7, 11) is 0. The molecular formula is C14H18BrClN2. The predicted molar refractivity (Wildman–Crippen MR) is 81.4 cm³/mol. The molecule has 4 heteroatoms. The van der Waals surface area contributed by atoms with Crippen molar-refractivity contribution in [3.63, 3.8) is 0 Å². The zero-order chi connectivity index (χ0) is 13.0. The second-order valence-corrected chi connectivity index (χ2v) is 5.75. The van der Waals surface area contributed by atoms with Crippen LogP contribution in [0.2, 0.25) is 0 Å². The molecule has 2 aromatic rings. The molecular weight excluding hydrogens is 312 g/mol. The number of benzene rings is 1. The van der Waals surface area contributed by atoms with E-state index in [-0.39, 0.29) is 0 Å². The van der Waals surface area contributed by atoms with E-state index < -0.39 is 0 Å². The minimum Gasteiger partial charge on any atom is -0.328 e. The number of halogens is 2. The highest BCUT2D eigenvalue weighted by atomic mass is 79.9. The van der Waals surface area contributed by atoms with E-state index in [4.69, 9.17) is 11.6 Å². The van der Waals surface area contributed by atoms with E-state index in [1.807, 2.05) is 6.07 Å². The van der Waals surface area contributed by atoms with E-state index in [9.17, 15) is 0 Å². The number of hydrogen-bond acceptors (Lipinski definition) is 1. The van der Waals surface area contributed by atoms with Crippen molar-refractivity contribution in [2.45, 2.75) is 39.2 Å². The summed E-state index contributed by atoms with van der Waals surface area (Å²) in [6.07, 6.45) is 4.53. The molecule has 0 spiro atoms. The number of aromatic nitrogens is 2. The van der Waals surface area contributed by atoms with Crippen LogP contribution < -0.4 is 0 Å². The van der Waals surface area contributed by atoms with Gasteiger partial charge in [-0.15, -0.1) is 11.6 Å². The number of aryl methyl sites for hydroxylation is 2. The molecule has 0 saturated carbocycles. The molecule has 0 bridgehead atoms. The van der Waals surface area contributed by atoms with Gasteiger partial charge in [0, 0.05) is 23.3 Å². The molecule has 1 heterocycles. The highest BCUT2D eigenvalue weighted by molar-refractivity contribution is 9.10. The molecule has 0 aliphatic carbocycles. The minimum absolute atomic E-state index is 0.623. The molecule has 1 aromatic carbocycles. The van der Waals surface area contributed by atoms with Gasteiger partial charge in [0.1, 0.15) is 5.82 Å². The van der Waals surface area contributed by atoms with Gasteiger partial charge in [-0.3, -0.25) is 0 Å². The first-order chi connectivity index (χ1) is 8.76. The minimum atomic E-state index is 0.623. The van der Waals surface area contributed by atoms with Gasteiger partial charge in [0.25, 0.3) is 0 Å². The fraction of sp³-hybridized carbons (Fsp3) is 0.500. The van der Waals surface area contributed by atoms with Gasteiger partial charge in [-0.1, -0.05) is 35.7 Å². The second-order valence-electron chi connectivity index (χ2n) is 4.46. The summed E-state index contributed by atoms with van der Waals surface area (Å²) in [6.45, 7) is 3.26. The summed E-state index contributed by atoms with van der Waals surface area (Å²) in [6, 6.07) is 6.25. The number of hydrogen-bond donors (Lipinski definition) is 0. The Hall–Kier alpha value is -0.540. The molecule has 0 fully saturated rings. The van der Waals surface area contributed by atoms with Crippen molar-refractivity contribution in [1.29, 1.82) is 0 Å². The third-order valence-electron chi connectivity index (χ3n) is 3.09. The van der Waals surface area contributed by atoms with Crippen LogP contribution in [0.4, 0.5) is 0 Å². The quantitative estimate of drug-likeness (QED) is 0.551. The van der Waals surface area contributed by atoms with E-state index in [0.717, 1.165) is 28.8 Å². The Bertz CT molecular complexity index is 522. The van der Waals surface area contributed by atoms with Gasteiger partial charge in [0.05, 0.1) is 11.0 Å². The molecule has 0 saturated heterocycles. The molecule has 98 valence electrons. The standard InChI is InChI=1S/C14H18BrClN2/c1-2-3-4-9-18-13-10-11(15)5-6-12(13)17-14(18)7-8-16/h5-6,10H,2-4,7-9H2,1H3. The number of rotatable bonds is 6. The Labute approximate surface area is 121 Å². The largest absolute Gasteiger partial charge is 0.328 e. The molecule has 2 nitrogen and oxygen atoms in total. The first-order valence-electron chi connectivity index (χ1n) is 6.47. The van der Waals surface area contributed by atoms with Crippen molar-refractivity contribution in [3.8, 4) is 0 Å². The summed E-state index contributed by atoms with van der Waals surface area (Å²) < 4.78 is 3.42. The fourth-order valence-corrected chi connectivity index (χ4v) is 2.71. The van der Waals surface area contributed by atoms with Gasteiger partial charge < -0.3 is 4.57 Å². The van der Waals surface area contributed by atoms with Crippen LogP contribution in [0.3, 0.4) is 0 Å². The van der Waals surface area contributed by atoms with E-state index in [1.54, 1.807) is 0 Å². The summed E-state index contributed by atoms with van der Waals surface area (Å²) in [5.74, 6) is 1.73. The van der Waals surface area contributed by atoms with Crippen LogP contribution in [0, 0.1) is 0 Å². The predicted octanol–water partition coefficient (Wildman–Crippen LogP) is 4.77. The van der Waals surface area contributed by atoms with Gasteiger partial charge in [0.15, 0.2) is 0 Å². The van der Waals surface area contributed by atoms with Crippen molar-refractivity contribution >= 4 is 38.6 Å². The molecule has 0 aliphatic rings. The maximum Gasteiger partial charge on any atom is 0.111 e. The smallest absolute Gasteiger partial charge is 0.111 e. The van der Waals surface area contributed by atoms with Crippen LogP contribution in [-0.4, -0.2) is 15.4 Å². The van der Waals surface area contributed by atoms with E-state index in [2.05, 4.69) is 44.5 Å². The number of unbranched alkanes of at least 4 members (excludes halogenated alkanes) is 2. The zero-order valence-corrected chi connectivity index (χ0v) is 13.0. The van der Waals surface area contributed by atoms with Crippen molar-refractivity contribution < 1.29 is 0 Å². The SMILES string of the molecule is CCCCCn1c(CCCl)nc2ccc(Br)cc21. The third kappa shape index (κ3) is 3.07. The summed E-state index contributed by atoms with van der Waals surface area (Å²) in [5, 5.41) is 0. The molecule has 2 rings (SSSR count). The zero-order valence-electron chi connectivity index (χ0n) is 10.6. The average molecular weight is 330 g/mol.